The summed E-state index contributed by atoms with van der Waals surface area (Å²) in [6.07, 6.45) is 1.48. The summed E-state index contributed by atoms with van der Waals surface area (Å²) in [5.74, 6) is -4.09. The molecule has 0 bridgehead atoms. The van der Waals surface area contributed by atoms with Gasteiger partial charge in [-0.3, -0.25) is 9.59 Å². The number of esters is 1. The van der Waals surface area contributed by atoms with Gasteiger partial charge in [-0.25, -0.2) is 18.5 Å². The number of amides is 2. The Morgan fingerprint density at radius 1 is 0.914 bits per heavy atom. The molecule has 35 heavy (non-hydrogen) atoms. The molecule has 0 atom stereocenters. The number of ether oxygens (including phenoxy) is 1. The minimum atomic E-state index is -1.06. The molecule has 1 N–H and O–H groups in total. The number of nitrogens with zero attached hydrogens (tertiary/aromatic N) is 3. The minimum Gasteiger partial charge on any atom is -0.462 e. The number of aromatic nitrogens is 3. The van der Waals surface area contributed by atoms with Crippen molar-refractivity contribution in [3.63, 3.8) is 0 Å². The molecule has 0 aliphatic carbocycles. The molecule has 1 aliphatic rings. The molecule has 8 nitrogen and oxygen atoms in total. The van der Waals surface area contributed by atoms with Crippen LogP contribution in [0.1, 0.15) is 38.0 Å². The molecule has 0 spiro atoms. The monoisotopic (exact) mass is 474 g/mol. The lowest BCUT2D eigenvalue weighted by Gasteiger charge is -2.19. The van der Waals surface area contributed by atoms with Crippen LogP contribution in [0.3, 0.4) is 0 Å². The standard InChI is InChI=1S/C25H16F2N4O4/c1-2-35-25(34)17-7-3-14(13-5-8-19(26)20(27)10-13)11-22(17)31-23(32)16-6-4-15(9-18(16)24(31)33)21-12-28-30-29-21/h3-12H,2H2,1H3,(H,28,29,30). The Balaban J connectivity index is 1.63. The van der Waals surface area contributed by atoms with Crippen LogP contribution in [-0.2, 0) is 4.74 Å². The predicted molar refractivity (Wildman–Crippen MR) is 121 cm³/mol. The Hall–Kier alpha value is -4.73. The molecular weight excluding hydrogens is 458 g/mol. The van der Waals surface area contributed by atoms with Crippen molar-refractivity contribution in [1.82, 2.24) is 15.4 Å². The Bertz CT molecular complexity index is 1500. The highest BCUT2D eigenvalue weighted by atomic mass is 19.2. The van der Waals surface area contributed by atoms with Gasteiger partial charge in [0.05, 0.1) is 35.2 Å². The van der Waals surface area contributed by atoms with E-state index < -0.39 is 29.4 Å². The largest absolute Gasteiger partial charge is 0.462 e. The molecule has 1 aliphatic heterocycles. The van der Waals surface area contributed by atoms with Crippen molar-refractivity contribution in [3.05, 3.63) is 89.1 Å². The Kier molecular flexibility index (Phi) is 5.40. The SMILES string of the molecule is CCOC(=O)c1ccc(-c2ccc(F)c(F)c2)cc1N1C(=O)c2ccc(-c3cn[nH]n3)cc2C1=O. The van der Waals surface area contributed by atoms with Crippen LogP contribution in [0.25, 0.3) is 22.4 Å². The number of nitrogens with one attached hydrogen (secondary N) is 1. The van der Waals surface area contributed by atoms with Gasteiger partial charge in [0.1, 0.15) is 5.69 Å². The molecule has 0 saturated heterocycles. The zero-order valence-electron chi connectivity index (χ0n) is 18.2. The molecule has 3 aromatic carbocycles. The van der Waals surface area contributed by atoms with Crippen molar-refractivity contribution < 1.29 is 27.9 Å². The van der Waals surface area contributed by atoms with E-state index in [2.05, 4.69) is 15.4 Å². The van der Waals surface area contributed by atoms with Gasteiger partial charge >= 0.3 is 5.97 Å². The Labute approximate surface area is 197 Å². The lowest BCUT2D eigenvalue weighted by Crippen LogP contribution is -2.31. The van der Waals surface area contributed by atoms with Gasteiger partial charge in [-0.05, 0) is 54.4 Å². The van der Waals surface area contributed by atoms with Gasteiger partial charge in [-0.15, -0.1) is 0 Å². The number of H-pyrrole nitrogens is 1. The summed E-state index contributed by atoms with van der Waals surface area (Å²) in [6.45, 7) is 1.70. The molecular formula is C25H16F2N4O4. The number of fused-ring (bicyclic) bond motifs is 1. The van der Waals surface area contributed by atoms with Crippen LogP contribution >= 0.6 is 0 Å². The molecule has 5 rings (SSSR count). The number of halogens is 2. The average molecular weight is 474 g/mol. The van der Waals surface area contributed by atoms with Crippen LogP contribution in [0.5, 0.6) is 0 Å². The molecule has 0 radical (unpaired) electrons. The number of carbonyl (C=O) groups excluding carboxylic acids is 3. The van der Waals surface area contributed by atoms with Crippen LogP contribution in [0.15, 0.2) is 60.8 Å². The second-order valence-corrected chi connectivity index (χ2v) is 7.64. The summed E-state index contributed by atoms with van der Waals surface area (Å²) in [4.78, 5) is 40.2. The third kappa shape index (κ3) is 3.74. The van der Waals surface area contributed by atoms with E-state index in [1.165, 1.54) is 42.6 Å². The van der Waals surface area contributed by atoms with Gasteiger partial charge in [0.2, 0.25) is 0 Å². The first-order valence-electron chi connectivity index (χ1n) is 10.5. The summed E-state index contributed by atoms with van der Waals surface area (Å²) >= 11 is 0. The first-order valence-corrected chi connectivity index (χ1v) is 10.5. The van der Waals surface area contributed by atoms with Crippen molar-refractivity contribution in [3.8, 4) is 22.4 Å². The third-order valence-electron chi connectivity index (χ3n) is 5.58. The van der Waals surface area contributed by atoms with Gasteiger partial charge in [-0.2, -0.15) is 15.4 Å². The first-order chi connectivity index (χ1) is 16.9. The number of aromatic amines is 1. The fraction of sp³-hybridized carbons (Fsp3) is 0.0800. The highest BCUT2D eigenvalue weighted by Gasteiger charge is 2.39. The predicted octanol–water partition coefficient (Wildman–Crippen LogP) is 4.39. The summed E-state index contributed by atoms with van der Waals surface area (Å²) in [6, 6.07) is 12.3. The molecule has 0 fully saturated rings. The minimum absolute atomic E-state index is 0.0237. The van der Waals surface area contributed by atoms with Crippen LogP contribution in [-0.4, -0.2) is 39.8 Å². The number of benzene rings is 3. The van der Waals surface area contributed by atoms with Crippen LogP contribution in [0.2, 0.25) is 0 Å². The van der Waals surface area contributed by atoms with E-state index in [4.69, 9.17) is 4.74 Å². The van der Waals surface area contributed by atoms with Gasteiger partial charge in [0, 0.05) is 5.56 Å². The Morgan fingerprint density at radius 3 is 2.34 bits per heavy atom. The molecule has 4 aromatic rings. The molecule has 2 amide bonds. The number of imide groups is 1. The molecule has 2 heterocycles. The zero-order valence-corrected chi connectivity index (χ0v) is 18.2. The maximum absolute atomic E-state index is 13.9. The second kappa shape index (κ2) is 8.56. The van der Waals surface area contributed by atoms with Gasteiger partial charge < -0.3 is 4.74 Å². The average Bonchev–Trinajstić information content (AvgIpc) is 3.48. The van der Waals surface area contributed by atoms with E-state index in [0.717, 1.165) is 17.0 Å². The molecule has 174 valence electrons. The quantitative estimate of drug-likeness (QED) is 0.340. The van der Waals surface area contributed by atoms with E-state index in [9.17, 15) is 23.2 Å². The maximum atomic E-state index is 13.9. The van der Waals surface area contributed by atoms with Crippen LogP contribution in [0.4, 0.5) is 14.5 Å². The number of anilines is 1. The summed E-state index contributed by atoms with van der Waals surface area (Å²) in [7, 11) is 0. The number of carbonyl (C=O) groups is 3. The molecule has 0 unspecified atom stereocenters. The van der Waals surface area contributed by atoms with Gasteiger partial charge in [0.15, 0.2) is 11.6 Å². The maximum Gasteiger partial charge on any atom is 0.340 e. The van der Waals surface area contributed by atoms with Gasteiger partial charge in [-0.1, -0.05) is 18.2 Å². The lowest BCUT2D eigenvalue weighted by atomic mass is 10.0. The van der Waals surface area contributed by atoms with Crippen molar-refractivity contribution in [2.24, 2.45) is 0 Å². The molecule has 0 saturated carbocycles. The van der Waals surface area contributed by atoms with Crippen LogP contribution < -0.4 is 4.90 Å². The van der Waals surface area contributed by atoms with E-state index >= 15 is 0 Å². The molecule has 1 aromatic heterocycles. The van der Waals surface area contributed by atoms with Crippen LogP contribution in [0, 0.1) is 11.6 Å². The van der Waals surface area contributed by atoms with E-state index in [1.807, 2.05) is 0 Å². The fourth-order valence-electron chi connectivity index (χ4n) is 3.91. The smallest absolute Gasteiger partial charge is 0.340 e. The number of hydrogen-bond acceptors (Lipinski definition) is 6. The highest BCUT2D eigenvalue weighted by molar-refractivity contribution is 6.35. The summed E-state index contributed by atoms with van der Waals surface area (Å²) in [5, 5.41) is 10.2. The highest BCUT2D eigenvalue weighted by Crippen LogP contribution is 2.36. The molecule has 10 heteroatoms. The van der Waals surface area contributed by atoms with Crippen molar-refractivity contribution in [2.45, 2.75) is 6.92 Å². The lowest BCUT2D eigenvalue weighted by molar-refractivity contribution is 0.0527. The van der Waals surface area contributed by atoms with E-state index in [0.29, 0.717) is 22.4 Å². The topological polar surface area (TPSA) is 105 Å². The normalized spacial score (nSPS) is 12.7. The van der Waals surface area contributed by atoms with E-state index in [1.54, 1.807) is 13.0 Å². The van der Waals surface area contributed by atoms with E-state index in [-0.39, 0.29) is 29.0 Å². The third-order valence-corrected chi connectivity index (χ3v) is 5.58. The summed E-state index contributed by atoms with van der Waals surface area (Å²) in [5.41, 5.74) is 1.95. The summed E-state index contributed by atoms with van der Waals surface area (Å²) < 4.78 is 32.4. The second-order valence-electron chi connectivity index (χ2n) is 7.64. The van der Waals surface area contributed by atoms with Crippen molar-refractivity contribution in [1.29, 1.82) is 0 Å². The number of rotatable bonds is 5. The van der Waals surface area contributed by atoms with Gasteiger partial charge in [0.25, 0.3) is 11.8 Å². The zero-order chi connectivity index (χ0) is 24.7. The Morgan fingerprint density at radius 2 is 1.63 bits per heavy atom. The van der Waals surface area contributed by atoms with Crippen molar-refractivity contribution >= 4 is 23.5 Å². The first kappa shape index (κ1) is 22.1. The van der Waals surface area contributed by atoms with Crippen molar-refractivity contribution in [2.75, 3.05) is 11.5 Å². The fourth-order valence-corrected chi connectivity index (χ4v) is 3.91. The number of hydrogen-bond donors (Lipinski definition) is 1.